The zero-order chi connectivity index (χ0) is 15.3. The Morgan fingerprint density at radius 3 is 2.43 bits per heavy atom. The third kappa shape index (κ3) is 2.42. The van der Waals surface area contributed by atoms with Crippen LogP contribution in [0.1, 0.15) is 11.1 Å². The molecule has 0 atom stereocenters. The summed E-state index contributed by atoms with van der Waals surface area (Å²) < 4.78 is 15.3. The molecule has 21 heavy (non-hydrogen) atoms. The van der Waals surface area contributed by atoms with Crippen molar-refractivity contribution in [2.24, 2.45) is 0 Å². The van der Waals surface area contributed by atoms with E-state index in [2.05, 4.69) is 48.7 Å². The number of nitrogens with two attached hydrogens (primary N) is 1. The molecular weight excluding hydrogens is 450 g/mol. The molecule has 0 amide bonds. The molecular formula is C14H11BrFIN4. The van der Waals surface area contributed by atoms with E-state index in [4.69, 9.17) is 5.73 Å². The zero-order valence-corrected chi connectivity index (χ0v) is 15.0. The first-order chi connectivity index (χ1) is 9.88. The van der Waals surface area contributed by atoms with Gasteiger partial charge in [0, 0.05) is 9.64 Å². The van der Waals surface area contributed by atoms with E-state index in [9.17, 15) is 4.39 Å². The Kier molecular flexibility index (Phi) is 3.64. The highest BCUT2D eigenvalue weighted by Crippen LogP contribution is 2.30. The maximum Gasteiger partial charge on any atom is 0.149 e. The van der Waals surface area contributed by atoms with E-state index in [1.165, 1.54) is 14.4 Å². The van der Waals surface area contributed by atoms with Crippen LogP contribution in [-0.4, -0.2) is 15.0 Å². The number of aromatic nitrogens is 3. The van der Waals surface area contributed by atoms with E-state index in [-0.39, 0.29) is 5.69 Å². The SMILES string of the molecule is Cc1cc(-n2nc3cc(F)c(N)c(Br)c3n2)cc(C)c1I. The predicted octanol–water partition coefficient (Wildman–Crippen LogP) is 4.13. The lowest BCUT2D eigenvalue weighted by atomic mass is 10.1. The number of rotatable bonds is 1. The van der Waals surface area contributed by atoms with Crippen molar-refractivity contribution in [3.63, 3.8) is 0 Å². The average Bonchev–Trinajstić information content (AvgIpc) is 2.85. The van der Waals surface area contributed by atoms with E-state index >= 15 is 0 Å². The van der Waals surface area contributed by atoms with Gasteiger partial charge in [0.15, 0.2) is 0 Å². The van der Waals surface area contributed by atoms with Crippen molar-refractivity contribution in [1.82, 2.24) is 15.0 Å². The second-order valence-electron chi connectivity index (χ2n) is 4.84. The summed E-state index contributed by atoms with van der Waals surface area (Å²) in [4.78, 5) is 1.50. The molecule has 0 saturated heterocycles. The topological polar surface area (TPSA) is 56.7 Å². The number of fused-ring (bicyclic) bond motifs is 1. The number of nitrogen functional groups attached to an aromatic ring is 1. The van der Waals surface area contributed by atoms with Crippen LogP contribution in [0, 0.1) is 23.2 Å². The maximum absolute atomic E-state index is 13.7. The van der Waals surface area contributed by atoms with Crippen molar-refractivity contribution in [2.45, 2.75) is 13.8 Å². The quantitative estimate of drug-likeness (QED) is 0.439. The summed E-state index contributed by atoms with van der Waals surface area (Å²) in [6.07, 6.45) is 0. The molecule has 2 aromatic carbocycles. The molecule has 0 radical (unpaired) electrons. The number of aryl methyl sites for hydroxylation is 2. The summed E-state index contributed by atoms with van der Waals surface area (Å²) in [5.74, 6) is -0.503. The lowest BCUT2D eigenvalue weighted by Gasteiger charge is -2.06. The number of anilines is 1. The molecule has 3 aromatic rings. The van der Waals surface area contributed by atoms with Gasteiger partial charge in [-0.2, -0.15) is 4.80 Å². The van der Waals surface area contributed by atoms with Crippen LogP contribution >= 0.6 is 38.5 Å². The number of benzene rings is 2. The van der Waals surface area contributed by atoms with Gasteiger partial charge in [0.25, 0.3) is 0 Å². The Balaban J connectivity index is 2.25. The molecule has 0 spiro atoms. The van der Waals surface area contributed by atoms with Crippen molar-refractivity contribution in [3.05, 3.63) is 43.2 Å². The van der Waals surface area contributed by atoms with E-state index in [0.29, 0.717) is 15.5 Å². The van der Waals surface area contributed by atoms with Crippen molar-refractivity contribution in [3.8, 4) is 5.69 Å². The maximum atomic E-state index is 13.7. The van der Waals surface area contributed by atoms with Gasteiger partial charge in [0.05, 0.1) is 15.8 Å². The highest BCUT2D eigenvalue weighted by molar-refractivity contribution is 14.1. The molecule has 0 fully saturated rings. The Morgan fingerprint density at radius 1 is 1.19 bits per heavy atom. The van der Waals surface area contributed by atoms with Gasteiger partial charge in [0.1, 0.15) is 16.9 Å². The van der Waals surface area contributed by atoms with Gasteiger partial charge in [-0.3, -0.25) is 0 Å². The Bertz CT molecular complexity index is 852. The molecule has 0 unspecified atom stereocenters. The Morgan fingerprint density at radius 2 is 1.81 bits per heavy atom. The molecule has 0 aliphatic carbocycles. The highest BCUT2D eigenvalue weighted by Gasteiger charge is 2.15. The summed E-state index contributed by atoms with van der Waals surface area (Å²) >= 11 is 5.59. The Labute approximate surface area is 142 Å². The predicted molar refractivity (Wildman–Crippen MR) is 93.1 cm³/mol. The summed E-state index contributed by atoms with van der Waals surface area (Å²) in [6.45, 7) is 4.07. The monoisotopic (exact) mass is 460 g/mol. The standard InChI is InChI=1S/C14H11BrFIN4/c1-6-3-8(4-7(2)12(6)17)21-19-10-5-9(16)13(18)11(15)14(10)20-21/h3-5H,18H2,1-2H3. The number of halogens is 3. The molecule has 2 N–H and O–H groups in total. The fourth-order valence-electron chi connectivity index (χ4n) is 2.16. The Hall–Kier alpha value is -1.22. The normalized spacial score (nSPS) is 11.3. The minimum atomic E-state index is -0.503. The molecule has 4 nitrogen and oxygen atoms in total. The summed E-state index contributed by atoms with van der Waals surface area (Å²) in [6, 6.07) is 5.30. The van der Waals surface area contributed by atoms with Gasteiger partial charge >= 0.3 is 0 Å². The van der Waals surface area contributed by atoms with Crippen molar-refractivity contribution >= 4 is 55.2 Å². The van der Waals surface area contributed by atoms with E-state index in [0.717, 1.165) is 16.8 Å². The molecule has 1 aromatic heterocycles. The first-order valence-electron chi connectivity index (χ1n) is 6.16. The second kappa shape index (κ2) is 5.20. The van der Waals surface area contributed by atoms with Crippen LogP contribution in [0.25, 0.3) is 16.7 Å². The molecule has 3 rings (SSSR count). The number of hydrogen-bond donors (Lipinski definition) is 1. The molecule has 108 valence electrons. The third-order valence-electron chi connectivity index (χ3n) is 3.26. The lowest BCUT2D eigenvalue weighted by molar-refractivity contribution is 0.633. The molecule has 0 aliphatic rings. The van der Waals surface area contributed by atoms with Crippen LogP contribution in [0.2, 0.25) is 0 Å². The summed E-state index contributed by atoms with van der Waals surface area (Å²) in [5, 5.41) is 8.74. The average molecular weight is 461 g/mol. The van der Waals surface area contributed by atoms with Crippen molar-refractivity contribution in [1.29, 1.82) is 0 Å². The summed E-state index contributed by atoms with van der Waals surface area (Å²) in [5.41, 5.74) is 9.85. The molecule has 0 saturated carbocycles. The van der Waals surface area contributed by atoms with E-state index < -0.39 is 5.82 Å². The zero-order valence-electron chi connectivity index (χ0n) is 11.3. The number of hydrogen-bond acceptors (Lipinski definition) is 3. The molecule has 1 heterocycles. The van der Waals surface area contributed by atoms with Crippen LogP contribution < -0.4 is 5.73 Å². The largest absolute Gasteiger partial charge is 0.395 e. The summed E-state index contributed by atoms with van der Waals surface area (Å²) in [7, 11) is 0. The second-order valence-corrected chi connectivity index (χ2v) is 6.71. The van der Waals surface area contributed by atoms with Crippen LogP contribution in [-0.2, 0) is 0 Å². The van der Waals surface area contributed by atoms with Gasteiger partial charge in [0.2, 0.25) is 0 Å². The van der Waals surface area contributed by atoms with Gasteiger partial charge < -0.3 is 5.73 Å². The van der Waals surface area contributed by atoms with Crippen LogP contribution in [0.5, 0.6) is 0 Å². The van der Waals surface area contributed by atoms with Gasteiger partial charge in [-0.15, -0.1) is 10.2 Å². The molecule has 0 bridgehead atoms. The number of nitrogens with zero attached hydrogens (tertiary/aromatic N) is 3. The van der Waals surface area contributed by atoms with Gasteiger partial charge in [-0.05, 0) is 75.6 Å². The van der Waals surface area contributed by atoms with E-state index in [1.807, 2.05) is 26.0 Å². The fourth-order valence-corrected chi connectivity index (χ4v) is 2.94. The third-order valence-corrected chi connectivity index (χ3v) is 5.76. The minimum Gasteiger partial charge on any atom is -0.395 e. The minimum absolute atomic E-state index is 0.0459. The first kappa shape index (κ1) is 14.7. The first-order valence-corrected chi connectivity index (χ1v) is 8.03. The van der Waals surface area contributed by atoms with Crippen molar-refractivity contribution in [2.75, 3.05) is 5.73 Å². The van der Waals surface area contributed by atoms with Crippen LogP contribution in [0.3, 0.4) is 0 Å². The highest BCUT2D eigenvalue weighted by atomic mass is 127. The molecule has 0 aliphatic heterocycles. The van der Waals surface area contributed by atoms with Crippen LogP contribution in [0.15, 0.2) is 22.7 Å². The van der Waals surface area contributed by atoms with Crippen molar-refractivity contribution < 1.29 is 4.39 Å². The lowest BCUT2D eigenvalue weighted by Crippen LogP contribution is -2.01. The van der Waals surface area contributed by atoms with Gasteiger partial charge in [-0.25, -0.2) is 4.39 Å². The van der Waals surface area contributed by atoms with E-state index in [1.54, 1.807) is 0 Å². The van der Waals surface area contributed by atoms with Gasteiger partial charge in [-0.1, -0.05) is 0 Å². The smallest absolute Gasteiger partial charge is 0.149 e. The fraction of sp³-hybridized carbons (Fsp3) is 0.143. The van der Waals surface area contributed by atoms with Crippen LogP contribution in [0.4, 0.5) is 10.1 Å². The molecule has 7 heteroatoms.